The van der Waals surface area contributed by atoms with E-state index in [1.54, 1.807) is 6.07 Å². The van der Waals surface area contributed by atoms with Gasteiger partial charge in [0, 0.05) is 5.69 Å². The van der Waals surface area contributed by atoms with Gasteiger partial charge in [0.1, 0.15) is 5.69 Å². The Hall–Kier alpha value is -2.11. The van der Waals surface area contributed by atoms with Gasteiger partial charge in [0.25, 0.3) is 0 Å². The Balaban J connectivity index is 2.99. The summed E-state index contributed by atoms with van der Waals surface area (Å²) in [5.41, 5.74) is 11.4. The van der Waals surface area contributed by atoms with Crippen molar-refractivity contribution in [2.75, 3.05) is 11.1 Å². The predicted molar refractivity (Wildman–Crippen MR) is 51.8 cm³/mol. The lowest BCUT2D eigenvalue weighted by molar-refractivity contribution is 1.40. The summed E-state index contributed by atoms with van der Waals surface area (Å²) in [6, 6.07) is 4.54. The number of hydrogen-bond donors (Lipinski definition) is 4. The Morgan fingerprint density at radius 2 is 2.23 bits per heavy atom. The van der Waals surface area contributed by atoms with Gasteiger partial charge in [0.15, 0.2) is 5.96 Å². The summed E-state index contributed by atoms with van der Waals surface area (Å²) in [6.45, 7) is 0. The molecular formula is C7H9N5O. The Bertz CT molecular complexity index is 349. The zero-order valence-corrected chi connectivity index (χ0v) is 6.74. The zero-order chi connectivity index (χ0) is 9.84. The first-order chi connectivity index (χ1) is 6.13. The predicted octanol–water partition coefficient (Wildman–Crippen LogP) is 0.972. The second kappa shape index (κ2) is 3.53. The Morgan fingerprint density at radius 3 is 2.77 bits per heavy atom. The van der Waals surface area contributed by atoms with Crippen molar-refractivity contribution >= 4 is 23.0 Å². The van der Waals surface area contributed by atoms with E-state index in [9.17, 15) is 4.91 Å². The number of nitrogens with zero attached hydrogens (tertiary/aromatic N) is 1. The molecule has 0 saturated carbocycles. The third-order valence-corrected chi connectivity index (χ3v) is 1.41. The van der Waals surface area contributed by atoms with Crippen molar-refractivity contribution in [3.8, 4) is 0 Å². The monoisotopic (exact) mass is 179 g/mol. The Kier molecular flexibility index (Phi) is 2.44. The van der Waals surface area contributed by atoms with Crippen LogP contribution in [0.1, 0.15) is 0 Å². The molecule has 0 atom stereocenters. The lowest BCUT2D eigenvalue weighted by Crippen LogP contribution is -2.20. The molecule has 0 bridgehead atoms. The van der Waals surface area contributed by atoms with E-state index < -0.39 is 0 Å². The molecule has 6 nitrogen and oxygen atoms in total. The highest BCUT2D eigenvalue weighted by Crippen LogP contribution is 2.25. The van der Waals surface area contributed by atoms with Gasteiger partial charge in [-0.1, -0.05) is 0 Å². The molecule has 0 aliphatic heterocycles. The van der Waals surface area contributed by atoms with Gasteiger partial charge in [0.2, 0.25) is 0 Å². The van der Waals surface area contributed by atoms with Crippen LogP contribution in [-0.2, 0) is 0 Å². The molecule has 0 fully saturated rings. The van der Waals surface area contributed by atoms with Crippen molar-refractivity contribution in [1.82, 2.24) is 0 Å². The van der Waals surface area contributed by atoms with Gasteiger partial charge in [0.05, 0.1) is 5.69 Å². The van der Waals surface area contributed by atoms with Crippen LogP contribution in [0.5, 0.6) is 0 Å². The average molecular weight is 179 g/mol. The first-order valence-corrected chi connectivity index (χ1v) is 3.47. The van der Waals surface area contributed by atoms with Crippen molar-refractivity contribution in [3.63, 3.8) is 0 Å². The molecule has 0 aliphatic carbocycles. The van der Waals surface area contributed by atoms with Crippen molar-refractivity contribution in [1.29, 1.82) is 5.41 Å². The highest BCUT2D eigenvalue weighted by atomic mass is 16.3. The van der Waals surface area contributed by atoms with E-state index in [1.165, 1.54) is 12.1 Å². The molecule has 1 aromatic carbocycles. The van der Waals surface area contributed by atoms with Crippen LogP contribution in [0.15, 0.2) is 23.4 Å². The van der Waals surface area contributed by atoms with Crippen molar-refractivity contribution < 1.29 is 0 Å². The summed E-state index contributed by atoms with van der Waals surface area (Å²) < 4.78 is 0. The maximum atomic E-state index is 10.2. The van der Waals surface area contributed by atoms with Gasteiger partial charge in [-0.2, -0.15) is 0 Å². The van der Waals surface area contributed by atoms with Gasteiger partial charge >= 0.3 is 0 Å². The molecule has 0 unspecified atom stereocenters. The van der Waals surface area contributed by atoms with Crippen LogP contribution < -0.4 is 16.8 Å². The lowest BCUT2D eigenvalue weighted by Gasteiger charge is -2.04. The molecule has 0 heterocycles. The van der Waals surface area contributed by atoms with Crippen molar-refractivity contribution in [2.45, 2.75) is 0 Å². The minimum Gasteiger partial charge on any atom is -0.397 e. The van der Waals surface area contributed by atoms with Gasteiger partial charge in [-0.05, 0) is 23.4 Å². The van der Waals surface area contributed by atoms with Crippen molar-refractivity contribution in [3.05, 3.63) is 23.1 Å². The summed E-state index contributed by atoms with van der Waals surface area (Å²) in [5, 5.41) is 12.2. The number of guanidine groups is 1. The highest BCUT2D eigenvalue weighted by molar-refractivity contribution is 5.90. The lowest BCUT2D eigenvalue weighted by atomic mass is 10.2. The second-order valence-corrected chi connectivity index (χ2v) is 2.40. The molecule has 0 saturated heterocycles. The van der Waals surface area contributed by atoms with Crippen LogP contribution in [-0.4, -0.2) is 5.96 Å². The second-order valence-electron chi connectivity index (χ2n) is 2.40. The quantitative estimate of drug-likeness (QED) is 0.234. The highest BCUT2D eigenvalue weighted by Gasteiger charge is 2.00. The van der Waals surface area contributed by atoms with Gasteiger partial charge < -0.3 is 16.8 Å². The molecule has 0 aromatic heterocycles. The topological polar surface area (TPSA) is 117 Å². The number of nitrogens with one attached hydrogen (secondary N) is 2. The summed E-state index contributed by atoms with van der Waals surface area (Å²) in [6.07, 6.45) is 0. The zero-order valence-electron chi connectivity index (χ0n) is 6.74. The first kappa shape index (κ1) is 8.98. The molecule has 6 N–H and O–H groups in total. The fourth-order valence-electron chi connectivity index (χ4n) is 0.856. The Morgan fingerprint density at radius 1 is 1.54 bits per heavy atom. The maximum absolute atomic E-state index is 10.2. The number of nitrogens with two attached hydrogens (primary N) is 2. The van der Waals surface area contributed by atoms with Gasteiger partial charge in [-0.25, -0.2) is 0 Å². The maximum Gasteiger partial charge on any atom is 0.190 e. The molecule has 1 rings (SSSR count). The third kappa shape index (κ3) is 2.16. The summed E-state index contributed by atoms with van der Waals surface area (Å²) in [5.74, 6) is -0.207. The number of nitrogen functional groups attached to an aromatic ring is 1. The minimum absolute atomic E-state index is 0.131. The number of hydrogen-bond acceptors (Lipinski definition) is 4. The van der Waals surface area contributed by atoms with E-state index in [0.717, 1.165) is 0 Å². The number of benzene rings is 1. The molecule has 0 aliphatic rings. The van der Waals surface area contributed by atoms with Gasteiger partial charge in [-0.3, -0.25) is 5.41 Å². The van der Waals surface area contributed by atoms with Crippen LogP contribution >= 0.6 is 0 Å². The van der Waals surface area contributed by atoms with Crippen LogP contribution in [0.4, 0.5) is 17.1 Å². The fourth-order valence-corrected chi connectivity index (χ4v) is 0.856. The largest absolute Gasteiger partial charge is 0.397 e. The third-order valence-electron chi connectivity index (χ3n) is 1.41. The molecule has 68 valence electrons. The summed E-state index contributed by atoms with van der Waals surface area (Å²) in [4.78, 5) is 10.2. The van der Waals surface area contributed by atoms with E-state index in [0.29, 0.717) is 11.4 Å². The fraction of sp³-hybridized carbons (Fsp3) is 0. The molecule has 0 radical (unpaired) electrons. The molecule has 6 heteroatoms. The summed E-state index contributed by atoms with van der Waals surface area (Å²) >= 11 is 0. The minimum atomic E-state index is -0.207. The normalized spacial score (nSPS) is 9.23. The molecule has 13 heavy (non-hydrogen) atoms. The van der Waals surface area contributed by atoms with Crippen LogP contribution in [0.3, 0.4) is 0 Å². The molecule has 0 amide bonds. The van der Waals surface area contributed by atoms with E-state index in [-0.39, 0.29) is 11.6 Å². The Labute approximate surface area is 74.4 Å². The SMILES string of the molecule is N=C(N)Nc1ccc(N)c(N=O)c1. The number of anilines is 2. The standard InChI is InChI=1S/C7H9N5O/c8-5-2-1-4(11-7(9)10)3-6(5)12-13/h1-3H,8H2,(H4,9,10,11). The van der Waals surface area contributed by atoms with Crippen molar-refractivity contribution in [2.24, 2.45) is 10.9 Å². The van der Waals surface area contributed by atoms with Gasteiger partial charge in [-0.15, -0.1) is 4.91 Å². The first-order valence-electron chi connectivity index (χ1n) is 3.47. The van der Waals surface area contributed by atoms with E-state index in [4.69, 9.17) is 16.9 Å². The average Bonchev–Trinajstić information content (AvgIpc) is 2.07. The molecule has 0 spiro atoms. The van der Waals surface area contributed by atoms with Crippen LogP contribution in [0.25, 0.3) is 0 Å². The van der Waals surface area contributed by atoms with E-state index in [1.807, 2.05) is 0 Å². The van der Waals surface area contributed by atoms with E-state index >= 15 is 0 Å². The smallest absolute Gasteiger partial charge is 0.190 e. The number of nitroso groups, excluding NO2 is 1. The summed E-state index contributed by atoms with van der Waals surface area (Å²) in [7, 11) is 0. The van der Waals surface area contributed by atoms with E-state index in [2.05, 4.69) is 10.5 Å². The van der Waals surface area contributed by atoms with Crippen LogP contribution in [0.2, 0.25) is 0 Å². The number of rotatable bonds is 2. The molecule has 1 aromatic rings. The van der Waals surface area contributed by atoms with Crippen LogP contribution in [0, 0.1) is 10.3 Å². The molecular weight excluding hydrogens is 170 g/mol.